The molecule has 0 radical (unpaired) electrons. The number of nitrogens with two attached hydrogens (primary N) is 1. The highest BCUT2D eigenvalue weighted by atomic mass is 16.6. The van der Waals surface area contributed by atoms with E-state index in [0.29, 0.717) is 5.75 Å². The molecule has 7 nitrogen and oxygen atoms in total. The van der Waals surface area contributed by atoms with E-state index >= 15 is 0 Å². The number of hydrogen-bond donors (Lipinski definition) is 2. The Labute approximate surface area is 109 Å². The van der Waals surface area contributed by atoms with Gasteiger partial charge < -0.3 is 15.8 Å². The standard InChI is InChI=1S/C12H13N3O4/c1-8(16)14-5-3-4-9-6-10(19-2)7-11(12(9)13)15(17)18/h6-7H,5,13H2,1-2H3,(H,14,16). The minimum Gasteiger partial charge on any atom is -0.496 e. The van der Waals surface area contributed by atoms with Gasteiger partial charge in [-0.15, -0.1) is 0 Å². The summed E-state index contributed by atoms with van der Waals surface area (Å²) < 4.78 is 4.95. The van der Waals surface area contributed by atoms with E-state index < -0.39 is 4.92 Å². The van der Waals surface area contributed by atoms with Crippen molar-refractivity contribution in [3.8, 4) is 17.6 Å². The lowest BCUT2D eigenvalue weighted by molar-refractivity contribution is -0.384. The van der Waals surface area contributed by atoms with Gasteiger partial charge in [0.05, 0.1) is 30.2 Å². The number of nitrogens with one attached hydrogen (secondary N) is 1. The summed E-state index contributed by atoms with van der Waals surface area (Å²) >= 11 is 0. The van der Waals surface area contributed by atoms with Crippen molar-refractivity contribution in [1.29, 1.82) is 0 Å². The van der Waals surface area contributed by atoms with Gasteiger partial charge in [-0.05, 0) is 6.07 Å². The lowest BCUT2D eigenvalue weighted by atomic mass is 10.1. The number of benzene rings is 1. The number of nitro groups is 1. The van der Waals surface area contributed by atoms with Crippen LogP contribution in [0.1, 0.15) is 12.5 Å². The van der Waals surface area contributed by atoms with Crippen molar-refractivity contribution in [1.82, 2.24) is 5.32 Å². The molecule has 0 aliphatic rings. The fraction of sp³-hybridized carbons (Fsp3) is 0.250. The number of hydrogen-bond acceptors (Lipinski definition) is 5. The smallest absolute Gasteiger partial charge is 0.297 e. The molecule has 0 unspecified atom stereocenters. The summed E-state index contributed by atoms with van der Waals surface area (Å²) in [4.78, 5) is 20.9. The molecule has 19 heavy (non-hydrogen) atoms. The maximum Gasteiger partial charge on any atom is 0.297 e. The maximum absolute atomic E-state index is 10.8. The van der Waals surface area contributed by atoms with Crippen molar-refractivity contribution < 1.29 is 14.5 Å². The third-order valence-corrected chi connectivity index (χ3v) is 2.21. The molecule has 0 atom stereocenters. The van der Waals surface area contributed by atoms with Crippen LogP contribution in [0.25, 0.3) is 0 Å². The van der Waals surface area contributed by atoms with Crippen LogP contribution in [0.5, 0.6) is 5.75 Å². The zero-order chi connectivity index (χ0) is 14.4. The molecule has 0 aliphatic heterocycles. The molecule has 0 spiro atoms. The van der Waals surface area contributed by atoms with Gasteiger partial charge in [-0.3, -0.25) is 14.9 Å². The van der Waals surface area contributed by atoms with Crippen LogP contribution in [0.3, 0.4) is 0 Å². The van der Waals surface area contributed by atoms with Crippen molar-refractivity contribution in [2.45, 2.75) is 6.92 Å². The molecule has 1 amide bonds. The van der Waals surface area contributed by atoms with Crippen LogP contribution in [-0.2, 0) is 4.79 Å². The Balaban J connectivity index is 3.09. The van der Waals surface area contributed by atoms with Gasteiger partial charge in [-0.25, -0.2) is 0 Å². The lowest BCUT2D eigenvalue weighted by Gasteiger charge is -2.04. The summed E-state index contributed by atoms with van der Waals surface area (Å²) in [7, 11) is 1.39. The number of amides is 1. The molecule has 3 N–H and O–H groups in total. The number of methoxy groups -OCH3 is 1. The molecule has 1 rings (SSSR count). The van der Waals surface area contributed by atoms with Gasteiger partial charge in [-0.2, -0.15) is 0 Å². The van der Waals surface area contributed by atoms with E-state index in [-0.39, 0.29) is 29.4 Å². The van der Waals surface area contributed by atoms with Crippen LogP contribution in [0, 0.1) is 22.0 Å². The van der Waals surface area contributed by atoms with Crippen LogP contribution in [0.4, 0.5) is 11.4 Å². The quantitative estimate of drug-likeness (QED) is 0.361. The average Bonchev–Trinajstić information content (AvgIpc) is 2.35. The van der Waals surface area contributed by atoms with Gasteiger partial charge in [0, 0.05) is 6.92 Å². The Kier molecular flexibility index (Phi) is 4.71. The van der Waals surface area contributed by atoms with Gasteiger partial charge in [0.1, 0.15) is 11.4 Å². The number of nitrogens with zero attached hydrogens (tertiary/aromatic N) is 1. The van der Waals surface area contributed by atoms with E-state index in [1.165, 1.54) is 26.2 Å². The fourth-order valence-electron chi connectivity index (χ4n) is 1.29. The molecule has 0 heterocycles. The summed E-state index contributed by atoms with van der Waals surface area (Å²) in [6.45, 7) is 1.51. The topological polar surface area (TPSA) is 107 Å². The molecule has 0 saturated carbocycles. The highest BCUT2D eigenvalue weighted by Gasteiger charge is 2.16. The predicted molar refractivity (Wildman–Crippen MR) is 69.6 cm³/mol. The second-order valence-electron chi connectivity index (χ2n) is 3.58. The minimum atomic E-state index is -0.600. The second-order valence-corrected chi connectivity index (χ2v) is 3.58. The maximum atomic E-state index is 10.8. The van der Waals surface area contributed by atoms with Crippen LogP contribution in [-0.4, -0.2) is 24.5 Å². The number of ether oxygens (including phenoxy) is 1. The Bertz CT molecular complexity index is 572. The zero-order valence-electron chi connectivity index (χ0n) is 10.5. The summed E-state index contributed by atoms with van der Waals surface area (Å²) in [6.07, 6.45) is 0. The molecule has 7 heteroatoms. The normalized spacial score (nSPS) is 9.16. The van der Waals surface area contributed by atoms with Crippen LogP contribution in [0.2, 0.25) is 0 Å². The fourth-order valence-corrected chi connectivity index (χ4v) is 1.29. The summed E-state index contributed by atoms with van der Waals surface area (Å²) in [5.74, 6) is 5.40. The predicted octanol–water partition coefficient (Wildman–Crippen LogP) is 0.673. The SMILES string of the molecule is COc1cc(C#CCNC(C)=O)c(N)c([N+](=O)[O-])c1. The average molecular weight is 263 g/mol. The molecule has 0 saturated heterocycles. The molecule has 100 valence electrons. The summed E-state index contributed by atoms with van der Waals surface area (Å²) in [5, 5.41) is 13.3. The molecule has 1 aromatic carbocycles. The first-order chi connectivity index (χ1) is 8.95. The van der Waals surface area contributed by atoms with E-state index in [0.717, 1.165) is 0 Å². The highest BCUT2D eigenvalue weighted by Crippen LogP contribution is 2.30. The molecule has 1 aromatic rings. The number of carbonyl (C=O) groups is 1. The van der Waals surface area contributed by atoms with Gasteiger partial charge >= 0.3 is 0 Å². The first kappa shape index (κ1) is 14.3. The number of nitrogen functional groups attached to an aromatic ring is 1. The molecule has 0 aromatic heterocycles. The van der Waals surface area contributed by atoms with Crippen LogP contribution >= 0.6 is 0 Å². The van der Waals surface area contributed by atoms with Gasteiger partial charge in [0.2, 0.25) is 5.91 Å². The number of carbonyl (C=O) groups excluding carboxylic acids is 1. The summed E-state index contributed by atoms with van der Waals surface area (Å²) in [6, 6.07) is 2.73. The second kappa shape index (κ2) is 6.26. The Morgan fingerprint density at radius 1 is 1.58 bits per heavy atom. The van der Waals surface area contributed by atoms with E-state index in [1.807, 2.05) is 0 Å². The zero-order valence-corrected chi connectivity index (χ0v) is 10.5. The molecule has 0 fully saturated rings. The summed E-state index contributed by atoms with van der Waals surface area (Å²) in [5.41, 5.74) is 5.66. The van der Waals surface area contributed by atoms with E-state index in [9.17, 15) is 14.9 Å². The largest absolute Gasteiger partial charge is 0.496 e. The molecule has 0 bridgehead atoms. The minimum absolute atomic E-state index is 0.0267. The molecular formula is C12H13N3O4. The van der Waals surface area contributed by atoms with Gasteiger partial charge in [0.15, 0.2) is 0 Å². The molecular weight excluding hydrogens is 250 g/mol. The van der Waals surface area contributed by atoms with E-state index in [1.54, 1.807) is 0 Å². The number of nitro benzene ring substituents is 1. The van der Waals surface area contributed by atoms with Crippen molar-refractivity contribution in [3.63, 3.8) is 0 Å². The number of anilines is 1. The van der Waals surface area contributed by atoms with Gasteiger partial charge in [0.25, 0.3) is 5.69 Å². The van der Waals surface area contributed by atoms with E-state index in [4.69, 9.17) is 10.5 Å². The lowest BCUT2D eigenvalue weighted by Crippen LogP contribution is -2.19. The Hall–Kier alpha value is -2.75. The highest BCUT2D eigenvalue weighted by molar-refractivity contribution is 5.73. The van der Waals surface area contributed by atoms with Crippen molar-refractivity contribution in [3.05, 3.63) is 27.8 Å². The van der Waals surface area contributed by atoms with E-state index in [2.05, 4.69) is 17.2 Å². The monoisotopic (exact) mass is 263 g/mol. The van der Waals surface area contributed by atoms with Crippen molar-refractivity contribution >= 4 is 17.3 Å². The Morgan fingerprint density at radius 2 is 2.26 bits per heavy atom. The number of rotatable bonds is 3. The third-order valence-electron chi connectivity index (χ3n) is 2.21. The van der Waals surface area contributed by atoms with Crippen molar-refractivity contribution in [2.24, 2.45) is 0 Å². The van der Waals surface area contributed by atoms with Crippen LogP contribution in [0.15, 0.2) is 12.1 Å². The first-order valence-electron chi connectivity index (χ1n) is 5.31. The third kappa shape index (κ3) is 3.89. The molecule has 0 aliphatic carbocycles. The van der Waals surface area contributed by atoms with Gasteiger partial charge in [-0.1, -0.05) is 11.8 Å². The first-order valence-corrected chi connectivity index (χ1v) is 5.31. The van der Waals surface area contributed by atoms with Crippen molar-refractivity contribution in [2.75, 3.05) is 19.4 Å². The van der Waals surface area contributed by atoms with Crippen LogP contribution < -0.4 is 15.8 Å². The Morgan fingerprint density at radius 3 is 2.79 bits per heavy atom.